The van der Waals surface area contributed by atoms with Crippen LogP contribution in [0.2, 0.25) is 0 Å². The lowest BCUT2D eigenvalue weighted by Gasteiger charge is -2.58. The Hall–Kier alpha value is -1.02. The lowest BCUT2D eigenvalue weighted by atomic mass is 9.52. The number of fused-ring (bicyclic) bond motifs is 1. The molecule has 0 aromatic heterocycles. The van der Waals surface area contributed by atoms with E-state index in [9.17, 15) is 0 Å². The molecular formula is C19H27NO. The summed E-state index contributed by atoms with van der Waals surface area (Å²) >= 11 is 0. The zero-order valence-corrected chi connectivity index (χ0v) is 13.2. The van der Waals surface area contributed by atoms with Gasteiger partial charge in [0, 0.05) is 11.5 Å². The van der Waals surface area contributed by atoms with Gasteiger partial charge in [0.25, 0.3) is 0 Å². The summed E-state index contributed by atoms with van der Waals surface area (Å²) in [6.07, 6.45) is 7.69. The highest BCUT2D eigenvalue weighted by atomic mass is 16.5. The molecule has 1 unspecified atom stereocenters. The number of rotatable bonds is 2. The summed E-state index contributed by atoms with van der Waals surface area (Å²) in [4.78, 5) is 2.58. The number of likely N-dealkylation sites (N-methyl/N-ethyl adjacent to an activating group) is 1. The van der Waals surface area contributed by atoms with Crippen molar-refractivity contribution in [3.8, 4) is 5.75 Å². The summed E-state index contributed by atoms with van der Waals surface area (Å²) in [6.45, 7) is 1.03. The third kappa shape index (κ3) is 1.95. The van der Waals surface area contributed by atoms with Gasteiger partial charge in [-0.1, -0.05) is 18.9 Å². The van der Waals surface area contributed by atoms with Gasteiger partial charge in [-0.3, -0.25) is 0 Å². The smallest absolute Gasteiger partial charge is 0.119 e. The van der Waals surface area contributed by atoms with Gasteiger partial charge in [-0.05, 0) is 75.4 Å². The summed E-state index contributed by atoms with van der Waals surface area (Å²) in [6, 6.07) is 6.99. The Kier molecular flexibility index (Phi) is 2.75. The van der Waals surface area contributed by atoms with Gasteiger partial charge in [0.1, 0.15) is 5.75 Å². The van der Waals surface area contributed by atoms with Crippen LogP contribution in [0.1, 0.15) is 52.9 Å². The largest absolute Gasteiger partial charge is 0.494 e. The van der Waals surface area contributed by atoms with Gasteiger partial charge in [-0.2, -0.15) is 0 Å². The van der Waals surface area contributed by atoms with E-state index >= 15 is 0 Å². The van der Waals surface area contributed by atoms with E-state index in [0.717, 1.165) is 12.3 Å². The molecule has 0 amide bonds. The Balaban J connectivity index is 1.79. The Morgan fingerprint density at radius 1 is 1.38 bits per heavy atom. The quantitative estimate of drug-likeness (QED) is 0.821. The van der Waals surface area contributed by atoms with Crippen LogP contribution in [0.15, 0.2) is 18.2 Å². The van der Waals surface area contributed by atoms with E-state index in [1.807, 2.05) is 6.07 Å². The van der Waals surface area contributed by atoms with Crippen LogP contribution in [-0.4, -0.2) is 31.1 Å². The minimum absolute atomic E-state index is 0.308. The van der Waals surface area contributed by atoms with Crippen LogP contribution >= 0.6 is 0 Å². The van der Waals surface area contributed by atoms with Crippen molar-refractivity contribution < 1.29 is 7.48 Å². The first-order valence-corrected chi connectivity index (χ1v) is 8.42. The monoisotopic (exact) mass is 287 g/mol. The third-order valence-corrected chi connectivity index (χ3v) is 6.31. The van der Waals surface area contributed by atoms with E-state index in [-0.39, 0.29) is 0 Å². The Labute approximate surface area is 131 Å². The standard InChI is InChI=1S/C19H27NO/c1-3-21-15-8-7-14-12-18-16-6-4-5-9-19(16,17(14)13-15)10-11-20(18)2/h7-8,13,16,18H,3-6,9-12H2,1-2H3/t16-,18+,19?/m1/s1/i3D2. The molecule has 0 N–H and O–H groups in total. The van der Waals surface area contributed by atoms with Gasteiger partial charge in [0.15, 0.2) is 0 Å². The summed E-state index contributed by atoms with van der Waals surface area (Å²) < 4.78 is 20.9. The van der Waals surface area contributed by atoms with E-state index < -0.39 is 6.56 Å². The highest BCUT2D eigenvalue weighted by Gasteiger charge is 2.53. The zero-order valence-electron chi connectivity index (χ0n) is 15.2. The first-order chi connectivity index (χ1) is 10.9. The molecule has 2 nitrogen and oxygen atoms in total. The molecule has 2 heteroatoms. The second-order valence-corrected chi connectivity index (χ2v) is 7.14. The summed E-state index contributed by atoms with van der Waals surface area (Å²) in [7, 11) is 2.29. The molecular weight excluding hydrogens is 258 g/mol. The summed E-state index contributed by atoms with van der Waals surface area (Å²) in [5.74, 6) is 1.45. The fourth-order valence-electron chi connectivity index (χ4n) is 5.36. The number of ether oxygens (including phenoxy) is 1. The van der Waals surface area contributed by atoms with Gasteiger partial charge >= 0.3 is 0 Å². The van der Waals surface area contributed by atoms with Crippen molar-refractivity contribution in [1.29, 1.82) is 0 Å². The molecule has 0 spiro atoms. The van der Waals surface area contributed by atoms with Gasteiger partial charge in [0.05, 0.1) is 9.30 Å². The topological polar surface area (TPSA) is 12.5 Å². The number of hydrogen-bond acceptors (Lipinski definition) is 2. The molecule has 2 aliphatic carbocycles. The van der Waals surface area contributed by atoms with Crippen LogP contribution < -0.4 is 4.74 Å². The third-order valence-electron chi connectivity index (χ3n) is 6.31. The highest BCUT2D eigenvalue weighted by Crippen LogP contribution is 2.55. The minimum Gasteiger partial charge on any atom is -0.494 e. The van der Waals surface area contributed by atoms with Crippen LogP contribution in [0.3, 0.4) is 0 Å². The average Bonchev–Trinajstić information content (AvgIpc) is 2.50. The van der Waals surface area contributed by atoms with Crippen molar-refractivity contribution in [3.63, 3.8) is 0 Å². The number of likely N-dealkylation sites (tertiary alicyclic amines) is 1. The SMILES string of the molecule is [2H]C([2H])(C)Oc1ccc2c(c1)C13CCCC[C@@H]1[C@H](C2)N(C)CC3. The molecule has 3 aliphatic rings. The second-order valence-electron chi connectivity index (χ2n) is 7.14. The molecule has 1 saturated carbocycles. The van der Waals surface area contributed by atoms with Crippen molar-refractivity contribution in [2.75, 3.05) is 20.2 Å². The van der Waals surface area contributed by atoms with Crippen molar-refractivity contribution >= 4 is 0 Å². The molecule has 1 aromatic carbocycles. The lowest BCUT2D eigenvalue weighted by molar-refractivity contribution is 0.00271. The Bertz CT molecular complexity index is 612. The van der Waals surface area contributed by atoms with E-state index in [4.69, 9.17) is 7.48 Å². The molecule has 2 bridgehead atoms. The highest BCUT2D eigenvalue weighted by molar-refractivity contribution is 5.45. The van der Waals surface area contributed by atoms with Crippen LogP contribution in [0.4, 0.5) is 0 Å². The number of benzene rings is 1. The van der Waals surface area contributed by atoms with E-state index in [1.54, 1.807) is 0 Å². The van der Waals surface area contributed by atoms with E-state index in [0.29, 0.717) is 17.2 Å². The predicted octanol–water partition coefficient (Wildman–Crippen LogP) is 3.77. The normalized spacial score (nSPS) is 37.0. The molecule has 1 heterocycles. The summed E-state index contributed by atoms with van der Waals surface area (Å²) in [5, 5.41) is 0. The van der Waals surface area contributed by atoms with E-state index in [2.05, 4.69) is 24.1 Å². The van der Waals surface area contributed by atoms with Crippen molar-refractivity contribution in [1.82, 2.24) is 4.90 Å². The fraction of sp³-hybridized carbons (Fsp3) is 0.684. The van der Waals surface area contributed by atoms with Crippen molar-refractivity contribution in [2.24, 2.45) is 5.92 Å². The lowest BCUT2D eigenvalue weighted by Crippen LogP contribution is -2.59. The predicted molar refractivity (Wildman–Crippen MR) is 86.0 cm³/mol. The van der Waals surface area contributed by atoms with Gasteiger partial charge in [0.2, 0.25) is 0 Å². The molecule has 4 rings (SSSR count). The molecule has 1 saturated heterocycles. The van der Waals surface area contributed by atoms with Gasteiger partial charge in [-0.15, -0.1) is 0 Å². The maximum atomic E-state index is 7.69. The summed E-state index contributed by atoms with van der Waals surface area (Å²) in [5.41, 5.74) is 3.24. The maximum Gasteiger partial charge on any atom is 0.119 e. The molecule has 21 heavy (non-hydrogen) atoms. The molecule has 1 aliphatic heterocycles. The molecule has 114 valence electrons. The number of hydrogen-bond donors (Lipinski definition) is 0. The number of piperidine rings is 1. The van der Waals surface area contributed by atoms with Crippen LogP contribution in [0.5, 0.6) is 5.75 Å². The molecule has 1 aromatic rings. The van der Waals surface area contributed by atoms with Crippen LogP contribution in [0.25, 0.3) is 0 Å². The van der Waals surface area contributed by atoms with Crippen LogP contribution in [-0.2, 0) is 11.8 Å². The van der Waals surface area contributed by atoms with Gasteiger partial charge < -0.3 is 9.64 Å². The Morgan fingerprint density at radius 3 is 3.14 bits per heavy atom. The average molecular weight is 287 g/mol. The first kappa shape index (κ1) is 11.5. The molecule has 0 radical (unpaired) electrons. The number of nitrogens with zero attached hydrogens (tertiary/aromatic N) is 1. The van der Waals surface area contributed by atoms with Crippen molar-refractivity contribution in [3.05, 3.63) is 29.3 Å². The molecule has 2 fully saturated rings. The zero-order chi connectivity index (χ0) is 16.2. The molecule has 3 atom stereocenters. The minimum atomic E-state index is -1.62. The van der Waals surface area contributed by atoms with Crippen molar-refractivity contribution in [2.45, 2.75) is 56.9 Å². The Morgan fingerprint density at radius 2 is 2.29 bits per heavy atom. The van der Waals surface area contributed by atoms with Gasteiger partial charge in [-0.25, -0.2) is 0 Å². The fourth-order valence-corrected chi connectivity index (χ4v) is 5.36. The second kappa shape index (κ2) is 5.01. The first-order valence-electron chi connectivity index (χ1n) is 9.42. The van der Waals surface area contributed by atoms with E-state index in [1.165, 1.54) is 56.7 Å². The maximum absolute atomic E-state index is 7.69. The van der Waals surface area contributed by atoms with Crippen LogP contribution in [0, 0.1) is 5.92 Å².